The minimum atomic E-state index is -0.636. The average Bonchev–Trinajstić information content (AvgIpc) is 3.68. The van der Waals surface area contributed by atoms with E-state index in [1.807, 2.05) is 106 Å². The summed E-state index contributed by atoms with van der Waals surface area (Å²) in [6, 6.07) is 27.2. The number of aliphatic hydroxyl groups is 1. The third kappa shape index (κ3) is 9.75. The Morgan fingerprint density at radius 2 is 1.26 bits per heavy atom. The Balaban J connectivity index is 0.000000185. The Kier molecular flexibility index (Phi) is 11.9. The third-order valence-corrected chi connectivity index (χ3v) is 10.2. The van der Waals surface area contributed by atoms with E-state index in [1.54, 1.807) is 0 Å². The number of aromatic nitrogens is 2. The van der Waals surface area contributed by atoms with E-state index < -0.39 is 5.60 Å². The molecule has 244 valence electrons. The molecular formula is C37H36Cl2N2O4S2. The van der Waals surface area contributed by atoms with Crippen LogP contribution in [0.15, 0.2) is 84.9 Å². The van der Waals surface area contributed by atoms with Crippen molar-refractivity contribution in [2.24, 2.45) is 0 Å². The fraction of sp³-hybridized carbons (Fsp3) is 0.270. The molecule has 2 heterocycles. The summed E-state index contributed by atoms with van der Waals surface area (Å²) >= 11 is 15.6. The highest BCUT2D eigenvalue weighted by molar-refractivity contribution is 7.20. The molecule has 0 radical (unpaired) electrons. The van der Waals surface area contributed by atoms with E-state index in [0.717, 1.165) is 44.4 Å². The normalized spacial score (nSPS) is 12.4. The van der Waals surface area contributed by atoms with E-state index in [1.165, 1.54) is 22.7 Å². The lowest BCUT2D eigenvalue weighted by molar-refractivity contribution is -0.118. The van der Waals surface area contributed by atoms with Crippen LogP contribution in [0.1, 0.15) is 57.6 Å². The summed E-state index contributed by atoms with van der Waals surface area (Å²) in [6.07, 6.45) is 4.05. The summed E-state index contributed by atoms with van der Waals surface area (Å²) in [4.78, 5) is 20.3. The molecule has 0 saturated heterocycles. The summed E-state index contributed by atoms with van der Waals surface area (Å²) in [5, 5.41) is 12.4. The van der Waals surface area contributed by atoms with Crippen LogP contribution in [-0.2, 0) is 17.6 Å². The molecule has 1 unspecified atom stereocenters. The maximum atomic E-state index is 11.4. The van der Waals surface area contributed by atoms with Gasteiger partial charge in [0.15, 0.2) is 0 Å². The summed E-state index contributed by atoms with van der Waals surface area (Å²) < 4.78 is 13.8. The van der Waals surface area contributed by atoms with Gasteiger partial charge >= 0.3 is 0 Å². The lowest BCUT2D eigenvalue weighted by atomic mass is 9.94. The Morgan fingerprint density at radius 1 is 0.766 bits per heavy atom. The van der Waals surface area contributed by atoms with Crippen molar-refractivity contribution in [2.45, 2.75) is 64.9 Å². The van der Waals surface area contributed by atoms with Crippen LogP contribution in [0.2, 0.25) is 10.0 Å². The molecule has 0 aliphatic rings. The Labute approximate surface area is 292 Å². The number of thiazole rings is 2. The summed E-state index contributed by atoms with van der Waals surface area (Å²) in [5.74, 6) is 1.44. The lowest BCUT2D eigenvalue weighted by Crippen LogP contribution is -2.23. The minimum Gasteiger partial charge on any atom is -0.429 e. The number of nitrogens with zero attached hydrogens (tertiary/aromatic N) is 2. The zero-order chi connectivity index (χ0) is 33.4. The second-order valence-corrected chi connectivity index (χ2v) is 14.2. The number of hydrogen-bond acceptors (Lipinski definition) is 8. The zero-order valence-electron chi connectivity index (χ0n) is 26.5. The highest BCUT2D eigenvalue weighted by Crippen LogP contribution is 2.36. The lowest BCUT2D eigenvalue weighted by Gasteiger charge is -2.21. The van der Waals surface area contributed by atoms with Crippen molar-refractivity contribution >= 4 is 72.1 Å². The van der Waals surface area contributed by atoms with E-state index in [0.29, 0.717) is 57.6 Å². The molecule has 0 saturated carbocycles. The van der Waals surface area contributed by atoms with Crippen LogP contribution in [0.3, 0.4) is 0 Å². The molecule has 0 spiro atoms. The van der Waals surface area contributed by atoms with E-state index in [9.17, 15) is 9.90 Å². The monoisotopic (exact) mass is 706 g/mol. The first-order chi connectivity index (χ1) is 22.6. The number of para-hydroxylation sites is 2. The summed E-state index contributed by atoms with van der Waals surface area (Å²) in [5.41, 5.74) is 3.33. The van der Waals surface area contributed by atoms with Crippen molar-refractivity contribution in [2.75, 3.05) is 0 Å². The number of fused-ring (bicyclic) bond motifs is 2. The standard InChI is InChI=1S/C19H20ClNO2S.C18H16ClNO2S/c1-3-19(2,22)11-10-13-8-9-16(14(20)12-13)23-18-21-15-6-4-5-7-17(15)24-18;1-2-13(21)9-7-12-8-10-16(14(19)11-12)22-18-20-15-5-3-4-6-17(15)23-18/h4-9,12,22H,3,10-11H2,1-2H3;3-6,8,10-11H,2,7,9H2,1H3. The van der Waals surface area contributed by atoms with Gasteiger partial charge in [0, 0.05) is 12.8 Å². The molecule has 4 aromatic carbocycles. The van der Waals surface area contributed by atoms with Crippen LogP contribution >= 0.6 is 45.9 Å². The van der Waals surface area contributed by atoms with Crippen LogP contribution in [-0.4, -0.2) is 26.5 Å². The van der Waals surface area contributed by atoms with Crippen molar-refractivity contribution in [3.8, 4) is 21.9 Å². The number of halogens is 2. The molecule has 47 heavy (non-hydrogen) atoms. The van der Waals surface area contributed by atoms with Crippen LogP contribution in [0.4, 0.5) is 0 Å². The zero-order valence-corrected chi connectivity index (χ0v) is 29.6. The number of carbonyl (C=O) groups excluding carboxylic acids is 1. The molecule has 1 N–H and O–H groups in total. The van der Waals surface area contributed by atoms with Crippen molar-refractivity contribution in [3.63, 3.8) is 0 Å². The highest BCUT2D eigenvalue weighted by Gasteiger charge is 2.18. The first kappa shape index (κ1) is 34.8. The van der Waals surface area contributed by atoms with E-state index in [-0.39, 0.29) is 5.78 Å². The first-order valence-electron chi connectivity index (χ1n) is 15.5. The molecule has 10 heteroatoms. The maximum absolute atomic E-state index is 11.4. The molecule has 1 atom stereocenters. The summed E-state index contributed by atoms with van der Waals surface area (Å²) in [6.45, 7) is 5.73. The van der Waals surface area contributed by atoms with Gasteiger partial charge in [-0.25, -0.2) is 9.97 Å². The van der Waals surface area contributed by atoms with Gasteiger partial charge in [-0.05, 0) is 92.3 Å². The number of carbonyl (C=O) groups is 1. The molecular weight excluding hydrogens is 671 g/mol. The smallest absolute Gasteiger partial charge is 0.279 e. The molecule has 0 amide bonds. The number of aryl methyl sites for hydroxylation is 2. The molecule has 0 aliphatic heterocycles. The van der Waals surface area contributed by atoms with Gasteiger partial charge < -0.3 is 14.6 Å². The molecule has 0 bridgehead atoms. The fourth-order valence-corrected chi connectivity index (χ4v) is 6.73. The Hall–Kier alpha value is -3.53. The predicted octanol–water partition coefficient (Wildman–Crippen LogP) is 11.5. The maximum Gasteiger partial charge on any atom is 0.279 e. The quantitative estimate of drug-likeness (QED) is 0.136. The highest BCUT2D eigenvalue weighted by atomic mass is 35.5. The van der Waals surface area contributed by atoms with Gasteiger partial charge in [0.05, 0.1) is 36.1 Å². The number of Topliss-reactive ketones (excluding diaryl/α,β-unsaturated/α-hetero) is 1. The Morgan fingerprint density at radius 3 is 1.70 bits per heavy atom. The predicted molar refractivity (Wildman–Crippen MR) is 195 cm³/mol. The number of ether oxygens (including phenoxy) is 2. The van der Waals surface area contributed by atoms with Gasteiger partial charge in [-0.3, -0.25) is 4.79 Å². The van der Waals surface area contributed by atoms with E-state index in [4.69, 9.17) is 32.7 Å². The van der Waals surface area contributed by atoms with Crippen molar-refractivity contribution < 1.29 is 19.4 Å². The second-order valence-electron chi connectivity index (χ2n) is 11.4. The molecule has 6 aromatic rings. The first-order valence-corrected chi connectivity index (χ1v) is 17.9. The molecule has 0 aliphatic carbocycles. The van der Waals surface area contributed by atoms with Crippen molar-refractivity contribution in [3.05, 3.63) is 106 Å². The molecule has 6 rings (SSSR count). The van der Waals surface area contributed by atoms with Gasteiger partial charge in [-0.15, -0.1) is 0 Å². The van der Waals surface area contributed by atoms with Crippen LogP contribution in [0, 0.1) is 0 Å². The van der Waals surface area contributed by atoms with Crippen LogP contribution < -0.4 is 9.47 Å². The van der Waals surface area contributed by atoms with Crippen LogP contribution in [0.25, 0.3) is 20.4 Å². The van der Waals surface area contributed by atoms with Crippen molar-refractivity contribution in [1.29, 1.82) is 0 Å². The summed E-state index contributed by atoms with van der Waals surface area (Å²) in [7, 11) is 0. The third-order valence-electron chi connectivity index (χ3n) is 7.74. The molecule has 2 aromatic heterocycles. The number of hydrogen-bond donors (Lipinski definition) is 1. The largest absolute Gasteiger partial charge is 0.429 e. The van der Waals surface area contributed by atoms with E-state index in [2.05, 4.69) is 9.97 Å². The van der Waals surface area contributed by atoms with Crippen molar-refractivity contribution in [1.82, 2.24) is 9.97 Å². The van der Waals surface area contributed by atoms with Gasteiger partial charge in [0.2, 0.25) is 0 Å². The van der Waals surface area contributed by atoms with Gasteiger partial charge in [0.1, 0.15) is 17.3 Å². The molecule has 6 nitrogen and oxygen atoms in total. The van der Waals surface area contributed by atoms with Gasteiger partial charge in [0.25, 0.3) is 10.4 Å². The Bertz CT molecular complexity index is 1910. The van der Waals surface area contributed by atoms with Gasteiger partial charge in [-0.2, -0.15) is 0 Å². The fourth-order valence-electron chi connectivity index (χ4n) is 4.59. The average molecular weight is 708 g/mol. The number of rotatable bonds is 12. The molecule has 0 fully saturated rings. The topological polar surface area (TPSA) is 81.5 Å². The number of benzene rings is 4. The van der Waals surface area contributed by atoms with Gasteiger partial charge in [-0.1, -0.05) is 96.1 Å². The minimum absolute atomic E-state index is 0.260. The van der Waals surface area contributed by atoms with E-state index >= 15 is 0 Å². The van der Waals surface area contributed by atoms with Crippen LogP contribution in [0.5, 0.6) is 21.9 Å². The second kappa shape index (κ2) is 16.0. The number of ketones is 1. The SMILES string of the molecule is CCC(=O)CCc1ccc(Oc2nc3ccccc3s2)c(Cl)c1.CCC(C)(O)CCc1ccc(Oc2nc3ccccc3s2)c(Cl)c1.